The van der Waals surface area contributed by atoms with Crippen molar-refractivity contribution in [2.24, 2.45) is 0 Å². The third-order valence-electron chi connectivity index (χ3n) is 7.45. The molecule has 41 heavy (non-hydrogen) atoms. The summed E-state index contributed by atoms with van der Waals surface area (Å²) >= 11 is 1.36. The van der Waals surface area contributed by atoms with Gasteiger partial charge in [0, 0.05) is 4.75 Å². The fourth-order valence-electron chi connectivity index (χ4n) is 5.16. The number of carbonyl (C=O) groups excluding carboxylic acids is 3. The monoisotopic (exact) mass is 583 g/mol. The first-order valence-electron chi connectivity index (χ1n) is 14.0. The number of carbonyl (C=O) groups is 4. The van der Waals surface area contributed by atoms with Crippen molar-refractivity contribution in [3.63, 3.8) is 0 Å². The van der Waals surface area contributed by atoms with Gasteiger partial charge in [-0.15, -0.1) is 11.8 Å². The summed E-state index contributed by atoms with van der Waals surface area (Å²) in [4.78, 5) is 53.6. The Hall–Kier alpha value is -3.37. The number of thioether (sulfide) groups is 1. The number of esters is 1. The van der Waals surface area contributed by atoms with E-state index in [4.69, 9.17) is 4.74 Å². The largest absolute Gasteiger partial charge is 0.480 e. The number of benzene rings is 2. The Kier molecular flexibility index (Phi) is 10.6. The number of carboxylic acids is 1. The summed E-state index contributed by atoms with van der Waals surface area (Å²) in [6.45, 7) is 17.5. The first kappa shape index (κ1) is 32.1. The Labute approximate surface area is 246 Å². The predicted molar refractivity (Wildman–Crippen MR) is 160 cm³/mol. The van der Waals surface area contributed by atoms with Gasteiger partial charge in [0.25, 0.3) is 0 Å². The molecule has 2 saturated heterocycles. The standard InChI is InChI=1S/C25H26N2O6S.C6H15N/c1-13-9-10-17(14(2)11-13)33-24(32)16-8-6-5-7-15(16)12-18(28)26-19-21(29)27-20(23(30)31)25(3,4)34-22(19)27;1-4-7(5-2)6-3/h5-11,19-20,22H,12H2,1-4H3,(H,26,28)(H,30,31);4-6H2,1-3H3/t19?,20?,22-;/m1./s1. The molecule has 10 heteroatoms. The van der Waals surface area contributed by atoms with Gasteiger partial charge in [0.15, 0.2) is 0 Å². The summed E-state index contributed by atoms with van der Waals surface area (Å²) < 4.78 is 4.89. The SMILES string of the molecule is CCN(CC)CC.Cc1ccc(OC(=O)c2ccccc2CC(=O)NC2C(=O)N3C(C(=O)O)C(C)(C)S[C@H]23)c(C)c1. The highest BCUT2D eigenvalue weighted by Gasteiger charge is 2.64. The molecule has 2 unspecified atom stereocenters. The smallest absolute Gasteiger partial charge is 0.343 e. The van der Waals surface area contributed by atoms with Gasteiger partial charge >= 0.3 is 11.9 Å². The van der Waals surface area contributed by atoms with Gasteiger partial charge in [-0.1, -0.05) is 56.7 Å². The van der Waals surface area contributed by atoms with Crippen LogP contribution in [0.25, 0.3) is 0 Å². The molecule has 2 aliphatic rings. The van der Waals surface area contributed by atoms with E-state index in [9.17, 15) is 24.3 Å². The van der Waals surface area contributed by atoms with Crippen molar-refractivity contribution < 1.29 is 29.0 Å². The number of ether oxygens (including phenoxy) is 1. The third-order valence-corrected chi connectivity index (χ3v) is 9.03. The minimum absolute atomic E-state index is 0.120. The maximum absolute atomic E-state index is 12.8. The van der Waals surface area contributed by atoms with Crippen LogP contribution >= 0.6 is 11.8 Å². The van der Waals surface area contributed by atoms with E-state index in [1.54, 1.807) is 44.2 Å². The molecule has 2 fully saturated rings. The van der Waals surface area contributed by atoms with Crippen LogP contribution in [0.3, 0.4) is 0 Å². The highest BCUT2D eigenvalue weighted by Crippen LogP contribution is 2.50. The first-order valence-corrected chi connectivity index (χ1v) is 14.8. The van der Waals surface area contributed by atoms with Crippen LogP contribution in [0.1, 0.15) is 61.7 Å². The molecule has 2 aromatic rings. The van der Waals surface area contributed by atoms with E-state index in [0.717, 1.165) is 11.1 Å². The number of nitrogens with one attached hydrogen (secondary N) is 1. The fourth-order valence-corrected chi connectivity index (χ4v) is 6.78. The lowest BCUT2D eigenvalue weighted by Crippen LogP contribution is -2.70. The lowest BCUT2D eigenvalue weighted by atomic mass is 9.96. The topological polar surface area (TPSA) is 116 Å². The number of rotatable bonds is 9. The van der Waals surface area contributed by atoms with E-state index in [0.29, 0.717) is 11.3 Å². The van der Waals surface area contributed by atoms with Gasteiger partial charge in [-0.2, -0.15) is 0 Å². The maximum atomic E-state index is 12.8. The quantitative estimate of drug-likeness (QED) is 0.258. The summed E-state index contributed by atoms with van der Waals surface area (Å²) in [6, 6.07) is 10.4. The minimum Gasteiger partial charge on any atom is -0.480 e. The van der Waals surface area contributed by atoms with Crippen molar-refractivity contribution in [1.82, 2.24) is 15.1 Å². The van der Waals surface area contributed by atoms with Crippen LogP contribution in [0, 0.1) is 13.8 Å². The number of aryl methyl sites for hydroxylation is 2. The normalized spacial score (nSPS) is 20.4. The molecule has 2 N–H and O–H groups in total. The lowest BCUT2D eigenvalue weighted by molar-refractivity contribution is -0.161. The van der Waals surface area contributed by atoms with Crippen molar-refractivity contribution in [2.75, 3.05) is 19.6 Å². The van der Waals surface area contributed by atoms with Crippen LogP contribution in [0.4, 0.5) is 0 Å². The van der Waals surface area contributed by atoms with E-state index in [1.165, 1.54) is 36.3 Å². The van der Waals surface area contributed by atoms with Crippen LogP contribution in [-0.4, -0.2) is 80.5 Å². The Morgan fingerprint density at radius 3 is 2.24 bits per heavy atom. The van der Waals surface area contributed by atoms with Crippen LogP contribution in [0.5, 0.6) is 5.75 Å². The second-order valence-electron chi connectivity index (χ2n) is 10.8. The molecule has 9 nitrogen and oxygen atoms in total. The van der Waals surface area contributed by atoms with Gasteiger partial charge < -0.3 is 25.0 Å². The molecule has 2 aliphatic heterocycles. The highest BCUT2D eigenvalue weighted by molar-refractivity contribution is 8.01. The Bertz CT molecular complexity index is 1290. The van der Waals surface area contributed by atoms with Crippen molar-refractivity contribution in [3.05, 3.63) is 64.7 Å². The molecule has 0 aromatic heterocycles. The average molecular weight is 584 g/mol. The zero-order valence-electron chi connectivity index (χ0n) is 24.9. The number of hydrogen-bond acceptors (Lipinski definition) is 7. The van der Waals surface area contributed by atoms with E-state index in [2.05, 4.69) is 31.0 Å². The Balaban J connectivity index is 0.000000587. The summed E-state index contributed by atoms with van der Waals surface area (Å²) in [5, 5.41) is 11.8. The van der Waals surface area contributed by atoms with Gasteiger partial charge in [0.1, 0.15) is 23.2 Å². The molecular formula is C31H41N3O6S. The second-order valence-corrected chi connectivity index (χ2v) is 12.5. The highest BCUT2D eigenvalue weighted by atomic mass is 32.2. The minimum atomic E-state index is -1.06. The van der Waals surface area contributed by atoms with E-state index in [-0.39, 0.29) is 12.0 Å². The van der Waals surface area contributed by atoms with Gasteiger partial charge in [0.05, 0.1) is 12.0 Å². The number of nitrogens with zero attached hydrogens (tertiary/aromatic N) is 2. The molecule has 2 aromatic carbocycles. The van der Waals surface area contributed by atoms with Crippen molar-refractivity contribution in [2.45, 2.75) is 77.1 Å². The molecule has 0 aliphatic carbocycles. The maximum Gasteiger partial charge on any atom is 0.343 e. The lowest BCUT2D eigenvalue weighted by Gasteiger charge is -2.43. The summed E-state index contributed by atoms with van der Waals surface area (Å²) in [5.74, 6) is -2.02. The number of amides is 2. The van der Waals surface area contributed by atoms with Gasteiger partial charge in [-0.3, -0.25) is 9.59 Å². The van der Waals surface area contributed by atoms with E-state index in [1.807, 2.05) is 26.0 Å². The zero-order valence-corrected chi connectivity index (χ0v) is 25.7. The van der Waals surface area contributed by atoms with E-state index < -0.39 is 46.0 Å². The van der Waals surface area contributed by atoms with Crippen molar-refractivity contribution >= 4 is 35.5 Å². The number of hydrogen-bond donors (Lipinski definition) is 2. The molecule has 0 saturated carbocycles. The van der Waals surface area contributed by atoms with Crippen molar-refractivity contribution in [3.8, 4) is 5.75 Å². The Morgan fingerprint density at radius 1 is 1.05 bits per heavy atom. The number of fused-ring (bicyclic) bond motifs is 1. The summed E-state index contributed by atoms with van der Waals surface area (Å²) in [5.41, 5.74) is 2.62. The molecule has 4 rings (SSSR count). The number of carboxylic acid groups (broad SMARTS) is 1. The zero-order chi connectivity index (χ0) is 30.5. The molecular weight excluding hydrogens is 542 g/mol. The third kappa shape index (κ3) is 7.29. The van der Waals surface area contributed by atoms with Gasteiger partial charge in [0.2, 0.25) is 11.8 Å². The fraction of sp³-hybridized carbons (Fsp3) is 0.484. The van der Waals surface area contributed by atoms with Crippen molar-refractivity contribution in [1.29, 1.82) is 0 Å². The number of β-lactam (4-membered cyclic amide) rings is 1. The number of aliphatic carboxylic acids is 1. The molecule has 2 amide bonds. The average Bonchev–Trinajstić information content (AvgIpc) is 3.18. The molecule has 0 radical (unpaired) electrons. The van der Waals surface area contributed by atoms with Gasteiger partial charge in [-0.05, 0) is 70.6 Å². The molecule has 3 atom stereocenters. The molecule has 222 valence electrons. The predicted octanol–water partition coefficient (Wildman–Crippen LogP) is 4.04. The van der Waals surface area contributed by atoms with Gasteiger partial charge in [-0.25, -0.2) is 9.59 Å². The second kappa shape index (κ2) is 13.5. The van der Waals surface area contributed by atoms with Crippen LogP contribution in [0.15, 0.2) is 42.5 Å². The van der Waals surface area contributed by atoms with Crippen LogP contribution < -0.4 is 10.1 Å². The summed E-state index contributed by atoms with van der Waals surface area (Å²) in [7, 11) is 0. The van der Waals surface area contributed by atoms with Crippen LogP contribution in [0.2, 0.25) is 0 Å². The Morgan fingerprint density at radius 2 is 1.68 bits per heavy atom. The van der Waals surface area contributed by atoms with E-state index >= 15 is 0 Å². The van der Waals surface area contributed by atoms with Crippen LogP contribution in [-0.2, 0) is 20.8 Å². The summed E-state index contributed by atoms with van der Waals surface area (Å²) in [6.07, 6.45) is -0.120. The molecule has 0 spiro atoms. The molecule has 0 bridgehead atoms. The first-order chi connectivity index (χ1) is 19.3. The molecule has 2 heterocycles.